The van der Waals surface area contributed by atoms with Crippen LogP contribution in [0.5, 0.6) is 5.75 Å². The van der Waals surface area contributed by atoms with Crippen LogP contribution < -0.4 is 15.4 Å². The molecule has 0 bridgehead atoms. The first kappa shape index (κ1) is 22.1. The number of amides is 2. The first-order chi connectivity index (χ1) is 14.9. The molecule has 0 fully saturated rings. The lowest BCUT2D eigenvalue weighted by Gasteiger charge is -2.20. The molecule has 0 aliphatic heterocycles. The van der Waals surface area contributed by atoms with E-state index in [9.17, 15) is 14.0 Å². The Morgan fingerprint density at radius 2 is 1.74 bits per heavy atom. The molecule has 0 radical (unpaired) electrons. The number of likely N-dealkylation sites (N-methyl/N-ethyl adjacent to an activating group) is 1. The molecule has 3 aromatic carbocycles. The molecular formula is C23H21ClFN3O3. The van der Waals surface area contributed by atoms with E-state index in [0.717, 1.165) is 0 Å². The molecule has 0 spiro atoms. The molecule has 160 valence electrons. The quantitative estimate of drug-likeness (QED) is 0.544. The highest BCUT2D eigenvalue weighted by Crippen LogP contribution is 2.28. The zero-order chi connectivity index (χ0) is 22.4. The second kappa shape index (κ2) is 9.95. The lowest BCUT2D eigenvalue weighted by molar-refractivity contribution is -0.116. The van der Waals surface area contributed by atoms with E-state index >= 15 is 0 Å². The number of halogens is 2. The molecule has 0 saturated heterocycles. The molecule has 0 atom stereocenters. The summed E-state index contributed by atoms with van der Waals surface area (Å²) in [7, 11) is 3.02. The first-order valence-corrected chi connectivity index (χ1v) is 9.75. The minimum Gasteiger partial charge on any atom is -0.495 e. The van der Waals surface area contributed by atoms with Crippen molar-refractivity contribution in [1.82, 2.24) is 4.90 Å². The number of ether oxygens (including phenoxy) is 1. The molecule has 2 N–H and O–H groups in total. The third-order valence-corrected chi connectivity index (χ3v) is 4.68. The average molecular weight is 442 g/mol. The van der Waals surface area contributed by atoms with E-state index in [4.69, 9.17) is 16.3 Å². The van der Waals surface area contributed by atoms with Crippen LogP contribution in [0.1, 0.15) is 10.4 Å². The fraction of sp³-hybridized carbons (Fsp3) is 0.130. The Morgan fingerprint density at radius 3 is 2.45 bits per heavy atom. The van der Waals surface area contributed by atoms with E-state index in [1.807, 2.05) is 0 Å². The molecule has 0 unspecified atom stereocenters. The summed E-state index contributed by atoms with van der Waals surface area (Å²) in [6.07, 6.45) is 0. The topological polar surface area (TPSA) is 70.7 Å². The summed E-state index contributed by atoms with van der Waals surface area (Å²) in [5, 5.41) is 6.26. The van der Waals surface area contributed by atoms with Gasteiger partial charge < -0.3 is 20.3 Å². The minimum atomic E-state index is -0.402. The fourth-order valence-electron chi connectivity index (χ4n) is 2.93. The van der Waals surface area contributed by atoms with Gasteiger partial charge in [0, 0.05) is 17.8 Å². The van der Waals surface area contributed by atoms with Crippen molar-refractivity contribution in [1.29, 1.82) is 0 Å². The molecule has 6 nitrogen and oxygen atoms in total. The Labute approximate surface area is 184 Å². The lowest BCUT2D eigenvalue weighted by atomic mass is 10.1. The number of para-hydroxylation sites is 1. The SMILES string of the molecule is COc1ccc(Cl)cc1NC(=O)CN(C)C(=O)c1ccccc1Nc1ccc(F)cc1. The van der Waals surface area contributed by atoms with Crippen LogP contribution in [0.25, 0.3) is 0 Å². The Kier molecular flexibility index (Phi) is 7.10. The largest absolute Gasteiger partial charge is 0.495 e. The van der Waals surface area contributed by atoms with Gasteiger partial charge in [0.1, 0.15) is 11.6 Å². The molecule has 2 amide bonds. The number of nitrogens with zero attached hydrogens (tertiary/aromatic N) is 1. The maximum Gasteiger partial charge on any atom is 0.256 e. The molecular weight excluding hydrogens is 421 g/mol. The third kappa shape index (κ3) is 5.73. The molecule has 31 heavy (non-hydrogen) atoms. The van der Waals surface area contributed by atoms with E-state index in [2.05, 4.69) is 10.6 Å². The summed E-state index contributed by atoms with van der Waals surface area (Å²) in [6, 6.07) is 17.6. The van der Waals surface area contributed by atoms with Gasteiger partial charge in [-0.3, -0.25) is 9.59 Å². The van der Waals surface area contributed by atoms with Crippen LogP contribution in [0.15, 0.2) is 66.7 Å². The summed E-state index contributed by atoms with van der Waals surface area (Å²) in [6.45, 7) is -0.181. The molecule has 8 heteroatoms. The number of rotatable bonds is 7. The number of benzene rings is 3. The normalized spacial score (nSPS) is 10.3. The van der Waals surface area contributed by atoms with Crippen LogP contribution in [-0.2, 0) is 4.79 Å². The van der Waals surface area contributed by atoms with E-state index in [0.29, 0.717) is 33.4 Å². The Bertz CT molecular complexity index is 1090. The molecule has 0 aliphatic carbocycles. The number of hydrogen-bond donors (Lipinski definition) is 2. The average Bonchev–Trinajstić information content (AvgIpc) is 2.75. The predicted molar refractivity (Wildman–Crippen MR) is 120 cm³/mol. The van der Waals surface area contributed by atoms with Gasteiger partial charge in [0.25, 0.3) is 5.91 Å². The van der Waals surface area contributed by atoms with Gasteiger partial charge in [-0.15, -0.1) is 0 Å². The molecule has 0 aromatic heterocycles. The monoisotopic (exact) mass is 441 g/mol. The van der Waals surface area contributed by atoms with Gasteiger partial charge in [-0.05, 0) is 54.6 Å². The molecule has 0 heterocycles. The van der Waals surface area contributed by atoms with E-state index in [-0.39, 0.29) is 18.3 Å². The lowest BCUT2D eigenvalue weighted by Crippen LogP contribution is -2.35. The van der Waals surface area contributed by atoms with Crippen LogP contribution >= 0.6 is 11.6 Å². The van der Waals surface area contributed by atoms with Gasteiger partial charge in [-0.25, -0.2) is 4.39 Å². The minimum absolute atomic E-state index is 0.181. The molecule has 3 rings (SSSR count). The van der Waals surface area contributed by atoms with Gasteiger partial charge in [0.2, 0.25) is 5.91 Å². The van der Waals surface area contributed by atoms with Crippen LogP contribution in [0.2, 0.25) is 5.02 Å². The maximum atomic E-state index is 13.1. The highest BCUT2D eigenvalue weighted by molar-refractivity contribution is 6.31. The number of nitrogens with one attached hydrogen (secondary N) is 2. The zero-order valence-corrected chi connectivity index (χ0v) is 17.7. The fourth-order valence-corrected chi connectivity index (χ4v) is 3.10. The smallest absolute Gasteiger partial charge is 0.256 e. The highest BCUT2D eigenvalue weighted by Gasteiger charge is 2.19. The Balaban J connectivity index is 1.71. The van der Waals surface area contributed by atoms with Crippen molar-refractivity contribution in [3.05, 3.63) is 83.1 Å². The third-order valence-electron chi connectivity index (χ3n) is 4.44. The van der Waals surface area contributed by atoms with Crippen molar-refractivity contribution < 1.29 is 18.7 Å². The van der Waals surface area contributed by atoms with Gasteiger partial charge in [0.05, 0.1) is 30.6 Å². The van der Waals surface area contributed by atoms with Crippen molar-refractivity contribution in [2.45, 2.75) is 0 Å². The van der Waals surface area contributed by atoms with E-state index in [1.165, 1.54) is 31.2 Å². The molecule has 0 aliphatic rings. The summed E-state index contributed by atoms with van der Waals surface area (Å²) in [5.41, 5.74) is 1.97. The van der Waals surface area contributed by atoms with Gasteiger partial charge in [-0.2, -0.15) is 0 Å². The molecule has 3 aromatic rings. The van der Waals surface area contributed by atoms with Crippen LogP contribution in [0.3, 0.4) is 0 Å². The van der Waals surface area contributed by atoms with Gasteiger partial charge in [-0.1, -0.05) is 23.7 Å². The second-order valence-corrected chi connectivity index (χ2v) is 7.17. The highest BCUT2D eigenvalue weighted by atomic mass is 35.5. The summed E-state index contributed by atoms with van der Waals surface area (Å²) < 4.78 is 18.4. The van der Waals surface area contributed by atoms with Crippen LogP contribution in [-0.4, -0.2) is 37.4 Å². The standard InChI is InChI=1S/C23H21ClFN3O3/c1-28(14-22(29)27-20-13-15(24)7-12-21(20)31-2)23(30)18-5-3-4-6-19(18)26-17-10-8-16(25)9-11-17/h3-13,26H,14H2,1-2H3,(H,27,29). The van der Waals surface area contributed by atoms with Crippen molar-refractivity contribution in [3.63, 3.8) is 0 Å². The Morgan fingerprint density at radius 1 is 1.03 bits per heavy atom. The van der Waals surface area contributed by atoms with Crippen molar-refractivity contribution in [2.24, 2.45) is 0 Å². The number of methoxy groups -OCH3 is 1. The number of hydrogen-bond acceptors (Lipinski definition) is 4. The number of anilines is 3. The maximum absolute atomic E-state index is 13.1. The van der Waals surface area contributed by atoms with Crippen LogP contribution in [0.4, 0.5) is 21.5 Å². The number of carbonyl (C=O) groups excluding carboxylic acids is 2. The summed E-state index contributed by atoms with van der Waals surface area (Å²) >= 11 is 5.99. The van der Waals surface area contributed by atoms with Crippen LogP contribution in [0, 0.1) is 5.82 Å². The van der Waals surface area contributed by atoms with Gasteiger partial charge in [0.15, 0.2) is 0 Å². The van der Waals surface area contributed by atoms with E-state index in [1.54, 1.807) is 54.6 Å². The second-order valence-electron chi connectivity index (χ2n) is 6.73. The zero-order valence-electron chi connectivity index (χ0n) is 17.0. The van der Waals surface area contributed by atoms with Gasteiger partial charge >= 0.3 is 0 Å². The van der Waals surface area contributed by atoms with Crippen molar-refractivity contribution in [2.75, 3.05) is 31.3 Å². The Hall–Kier alpha value is -3.58. The van der Waals surface area contributed by atoms with Crippen molar-refractivity contribution >= 4 is 40.5 Å². The predicted octanol–water partition coefficient (Wildman–Crippen LogP) is 4.94. The summed E-state index contributed by atoms with van der Waals surface area (Å²) in [4.78, 5) is 26.8. The first-order valence-electron chi connectivity index (χ1n) is 9.38. The van der Waals surface area contributed by atoms with E-state index < -0.39 is 5.91 Å². The number of carbonyl (C=O) groups is 2. The molecule has 0 saturated carbocycles. The van der Waals surface area contributed by atoms with Crippen molar-refractivity contribution in [3.8, 4) is 5.75 Å². The summed E-state index contributed by atoms with van der Waals surface area (Å²) in [5.74, 6) is -0.642.